The number of rotatable bonds is 5. The molecule has 140 valence electrons. The number of aromatic nitrogens is 5. The van der Waals surface area contributed by atoms with E-state index in [1.165, 1.54) is 10.6 Å². The van der Waals surface area contributed by atoms with Gasteiger partial charge in [0.25, 0.3) is 0 Å². The van der Waals surface area contributed by atoms with Gasteiger partial charge in [-0.25, -0.2) is 18.4 Å². The molecule has 0 unspecified atom stereocenters. The molecule has 0 bridgehead atoms. The van der Waals surface area contributed by atoms with Gasteiger partial charge in [0.2, 0.25) is 10.0 Å². The van der Waals surface area contributed by atoms with Gasteiger partial charge in [0, 0.05) is 36.4 Å². The average molecular weight is 385 g/mol. The van der Waals surface area contributed by atoms with Crippen molar-refractivity contribution in [1.82, 2.24) is 29.0 Å². The van der Waals surface area contributed by atoms with E-state index in [0.29, 0.717) is 0 Å². The van der Waals surface area contributed by atoms with Crippen molar-refractivity contribution in [3.63, 3.8) is 0 Å². The summed E-state index contributed by atoms with van der Waals surface area (Å²) in [6, 6.07) is 4.16. The Balaban J connectivity index is 1.72. The monoisotopic (exact) mass is 385 g/mol. The van der Waals surface area contributed by atoms with Crippen molar-refractivity contribution in [2.45, 2.75) is 19.4 Å². The number of aromatic amines is 1. The Bertz CT molecular complexity index is 1140. The van der Waals surface area contributed by atoms with E-state index in [-0.39, 0.29) is 18.8 Å². The van der Waals surface area contributed by atoms with E-state index < -0.39 is 21.5 Å². The molecule has 0 aliphatic carbocycles. The zero-order valence-electron chi connectivity index (χ0n) is 15.0. The number of sulfonamides is 1. The quantitative estimate of drug-likeness (QED) is 0.707. The first-order valence-electron chi connectivity index (χ1n) is 8.62. The fourth-order valence-electron chi connectivity index (χ4n) is 3.47. The molecular formula is C17H19N7O2S. The first kappa shape index (κ1) is 17.6. The van der Waals surface area contributed by atoms with Gasteiger partial charge < -0.3 is 4.98 Å². The van der Waals surface area contributed by atoms with Gasteiger partial charge in [-0.15, -0.1) is 0 Å². The van der Waals surface area contributed by atoms with Crippen molar-refractivity contribution in [1.29, 1.82) is 5.26 Å². The highest BCUT2D eigenvalue weighted by Crippen LogP contribution is 2.38. The second-order valence-electron chi connectivity index (χ2n) is 6.76. The third-order valence-corrected chi connectivity index (χ3v) is 7.10. The van der Waals surface area contributed by atoms with Crippen LogP contribution in [0.1, 0.15) is 13.8 Å². The minimum absolute atomic E-state index is 0.0424. The number of nitriles is 1. The first-order valence-corrected chi connectivity index (χ1v) is 10.2. The Labute approximate surface area is 156 Å². The van der Waals surface area contributed by atoms with Gasteiger partial charge in [-0.3, -0.25) is 4.68 Å². The molecule has 9 nitrogen and oxygen atoms in total. The Hall–Kier alpha value is -2.77. The van der Waals surface area contributed by atoms with Gasteiger partial charge in [-0.1, -0.05) is 0 Å². The van der Waals surface area contributed by atoms with Gasteiger partial charge in [-0.2, -0.15) is 14.7 Å². The summed E-state index contributed by atoms with van der Waals surface area (Å²) in [4.78, 5) is 11.6. The topological polar surface area (TPSA) is 121 Å². The van der Waals surface area contributed by atoms with Crippen LogP contribution in [0.25, 0.3) is 22.3 Å². The maximum absolute atomic E-state index is 12.1. The van der Waals surface area contributed by atoms with Crippen molar-refractivity contribution in [3.05, 3.63) is 31.0 Å². The molecule has 1 atom stereocenters. The SMILES string of the molecule is CCS(=O)(=O)N1CC([C@@H](C)C#N)(n2cc(-c3ncnc4[nH]ccc34)cn2)C1. The van der Waals surface area contributed by atoms with Crippen LogP contribution in [0.15, 0.2) is 31.0 Å². The lowest BCUT2D eigenvalue weighted by molar-refractivity contribution is 0.0357. The van der Waals surface area contributed by atoms with Crippen LogP contribution in [0.5, 0.6) is 0 Å². The zero-order valence-corrected chi connectivity index (χ0v) is 15.8. The number of hydrogen-bond donors (Lipinski definition) is 1. The lowest BCUT2D eigenvalue weighted by Gasteiger charge is -2.50. The van der Waals surface area contributed by atoms with Gasteiger partial charge in [0.05, 0.1) is 29.6 Å². The molecule has 1 N–H and O–H groups in total. The van der Waals surface area contributed by atoms with Crippen LogP contribution < -0.4 is 0 Å². The Kier molecular flexibility index (Phi) is 4.01. The smallest absolute Gasteiger partial charge is 0.213 e. The van der Waals surface area contributed by atoms with Crippen LogP contribution in [0, 0.1) is 17.2 Å². The summed E-state index contributed by atoms with van der Waals surface area (Å²) in [5.41, 5.74) is 1.59. The van der Waals surface area contributed by atoms with E-state index in [9.17, 15) is 13.7 Å². The Morgan fingerprint density at radius 2 is 2.19 bits per heavy atom. The van der Waals surface area contributed by atoms with Crippen molar-refractivity contribution in [2.75, 3.05) is 18.8 Å². The fraction of sp³-hybridized carbons (Fsp3) is 0.412. The van der Waals surface area contributed by atoms with Crippen molar-refractivity contribution >= 4 is 21.1 Å². The number of nitrogens with one attached hydrogen (secondary N) is 1. The molecule has 10 heteroatoms. The third kappa shape index (κ3) is 2.62. The zero-order chi connectivity index (χ0) is 19.2. The van der Waals surface area contributed by atoms with Crippen LogP contribution in [-0.2, 0) is 15.6 Å². The van der Waals surface area contributed by atoms with Crippen LogP contribution in [0.4, 0.5) is 0 Å². The lowest BCUT2D eigenvalue weighted by Crippen LogP contribution is -2.67. The number of H-pyrrole nitrogens is 1. The van der Waals surface area contributed by atoms with Crippen molar-refractivity contribution in [3.8, 4) is 17.3 Å². The van der Waals surface area contributed by atoms with Crippen LogP contribution in [-0.4, -0.2) is 56.3 Å². The molecule has 0 amide bonds. The van der Waals surface area contributed by atoms with Crippen LogP contribution >= 0.6 is 0 Å². The molecule has 1 aliphatic rings. The van der Waals surface area contributed by atoms with Crippen molar-refractivity contribution in [2.24, 2.45) is 5.92 Å². The maximum Gasteiger partial charge on any atom is 0.213 e. The number of fused-ring (bicyclic) bond motifs is 1. The maximum atomic E-state index is 12.1. The van der Waals surface area contributed by atoms with E-state index in [1.54, 1.807) is 30.9 Å². The predicted octanol–water partition coefficient (Wildman–Crippen LogP) is 1.34. The molecule has 1 saturated heterocycles. The molecule has 4 heterocycles. The average Bonchev–Trinajstić information content (AvgIpc) is 3.29. The standard InChI is InChI=1S/C17H19N7O2S/c1-3-27(25,26)23-9-17(10-23,12(2)6-18)24-8-13(7-22-24)15-14-4-5-19-16(14)21-11-20-15/h4-5,7-8,11-12H,3,9-10H2,1-2H3,(H,19,20,21)/t12-/m0/s1. The van der Waals surface area contributed by atoms with Crippen LogP contribution in [0.3, 0.4) is 0 Å². The molecular weight excluding hydrogens is 366 g/mol. The summed E-state index contributed by atoms with van der Waals surface area (Å²) >= 11 is 0. The molecule has 27 heavy (non-hydrogen) atoms. The molecule has 1 fully saturated rings. The molecule has 1 aliphatic heterocycles. The van der Waals surface area contributed by atoms with Gasteiger partial charge in [0.1, 0.15) is 17.5 Å². The normalized spacial score (nSPS) is 18.1. The molecule has 3 aromatic rings. The largest absolute Gasteiger partial charge is 0.346 e. The molecule has 0 saturated carbocycles. The molecule has 4 rings (SSSR count). The summed E-state index contributed by atoms with van der Waals surface area (Å²) in [5.74, 6) is -0.355. The summed E-state index contributed by atoms with van der Waals surface area (Å²) < 4.78 is 27.4. The van der Waals surface area contributed by atoms with E-state index in [2.05, 4.69) is 26.1 Å². The third-order valence-electron chi connectivity index (χ3n) is 5.32. The second-order valence-corrected chi connectivity index (χ2v) is 9.02. The van der Waals surface area contributed by atoms with Gasteiger partial charge in [0.15, 0.2) is 0 Å². The highest BCUT2D eigenvalue weighted by atomic mass is 32.2. The Morgan fingerprint density at radius 3 is 2.89 bits per heavy atom. The predicted molar refractivity (Wildman–Crippen MR) is 98.9 cm³/mol. The van der Waals surface area contributed by atoms with E-state index >= 15 is 0 Å². The summed E-state index contributed by atoms with van der Waals surface area (Å²) in [6.45, 7) is 3.89. The summed E-state index contributed by atoms with van der Waals surface area (Å²) in [6.07, 6.45) is 6.81. The fourth-order valence-corrected chi connectivity index (χ4v) is 4.68. The van der Waals surface area contributed by atoms with Gasteiger partial charge in [-0.05, 0) is 19.9 Å². The molecule has 0 radical (unpaired) electrons. The van der Waals surface area contributed by atoms with E-state index in [4.69, 9.17) is 0 Å². The molecule has 0 aromatic carbocycles. The highest BCUT2D eigenvalue weighted by Gasteiger charge is 2.53. The minimum Gasteiger partial charge on any atom is -0.346 e. The van der Waals surface area contributed by atoms with E-state index in [1.807, 2.05) is 12.3 Å². The van der Waals surface area contributed by atoms with Crippen LogP contribution in [0.2, 0.25) is 0 Å². The minimum atomic E-state index is -3.29. The second kappa shape index (κ2) is 6.14. The number of hydrogen-bond acceptors (Lipinski definition) is 6. The van der Waals surface area contributed by atoms with E-state index in [0.717, 1.165) is 22.3 Å². The lowest BCUT2D eigenvalue weighted by atomic mass is 9.80. The molecule has 0 spiro atoms. The van der Waals surface area contributed by atoms with Gasteiger partial charge >= 0.3 is 0 Å². The number of nitrogens with zero attached hydrogens (tertiary/aromatic N) is 6. The molecule has 3 aromatic heterocycles. The summed E-state index contributed by atoms with van der Waals surface area (Å²) in [5, 5.41) is 14.8. The highest BCUT2D eigenvalue weighted by molar-refractivity contribution is 7.89. The summed E-state index contributed by atoms with van der Waals surface area (Å²) in [7, 11) is -3.29. The Morgan fingerprint density at radius 1 is 1.41 bits per heavy atom. The first-order chi connectivity index (χ1) is 12.9. The van der Waals surface area contributed by atoms with Crippen molar-refractivity contribution < 1.29 is 8.42 Å².